The molecule has 4 aromatic rings. The summed E-state index contributed by atoms with van der Waals surface area (Å²) in [7, 11) is 0. The minimum atomic E-state index is 0.330. The number of pyridine rings is 1. The SMILES string of the molecule is Cc1nc2ncc(-c3ccn4nc(NC5CCC(N)CC5)ncc34)cc2n1C1CCOCC1. The van der Waals surface area contributed by atoms with Gasteiger partial charge in [-0.2, -0.15) is 0 Å². The molecule has 4 aromatic heterocycles. The quantitative estimate of drug-likeness (QED) is 0.494. The number of nitrogens with one attached hydrogen (secondary N) is 1. The molecule has 0 atom stereocenters. The molecule has 5 heterocycles. The average molecular weight is 447 g/mol. The Morgan fingerprint density at radius 2 is 1.85 bits per heavy atom. The Bertz CT molecular complexity index is 1280. The Hall–Kier alpha value is -3.04. The summed E-state index contributed by atoms with van der Waals surface area (Å²) in [5.41, 5.74) is 11.0. The number of fused-ring (bicyclic) bond motifs is 2. The molecule has 2 aliphatic rings. The summed E-state index contributed by atoms with van der Waals surface area (Å²) in [5.74, 6) is 1.66. The first-order valence-corrected chi connectivity index (χ1v) is 11.9. The number of aryl methyl sites for hydroxylation is 1. The lowest BCUT2D eigenvalue weighted by Crippen LogP contribution is -2.33. The molecule has 0 radical (unpaired) electrons. The van der Waals surface area contributed by atoms with E-state index in [4.69, 9.17) is 20.6 Å². The van der Waals surface area contributed by atoms with Crippen molar-refractivity contribution in [2.75, 3.05) is 18.5 Å². The van der Waals surface area contributed by atoms with Crippen LogP contribution in [-0.2, 0) is 4.74 Å². The monoisotopic (exact) mass is 446 g/mol. The van der Waals surface area contributed by atoms with Crippen LogP contribution >= 0.6 is 0 Å². The van der Waals surface area contributed by atoms with Crippen LogP contribution in [0.2, 0.25) is 0 Å². The maximum absolute atomic E-state index is 6.03. The van der Waals surface area contributed by atoms with Crippen LogP contribution in [0, 0.1) is 6.92 Å². The van der Waals surface area contributed by atoms with Gasteiger partial charge in [-0.15, -0.1) is 5.10 Å². The van der Waals surface area contributed by atoms with Gasteiger partial charge in [-0.25, -0.2) is 19.5 Å². The normalized spacial score (nSPS) is 22.2. The van der Waals surface area contributed by atoms with Crippen molar-refractivity contribution in [2.24, 2.45) is 5.73 Å². The van der Waals surface area contributed by atoms with E-state index in [0.717, 1.165) is 85.4 Å². The van der Waals surface area contributed by atoms with Crippen molar-refractivity contribution in [1.82, 2.24) is 29.1 Å². The summed E-state index contributed by atoms with van der Waals surface area (Å²) in [6.45, 7) is 3.65. The van der Waals surface area contributed by atoms with Crippen molar-refractivity contribution < 1.29 is 4.74 Å². The minimum absolute atomic E-state index is 0.330. The zero-order valence-electron chi connectivity index (χ0n) is 18.9. The molecule has 0 unspecified atom stereocenters. The standard InChI is InChI=1S/C24H30N8O/c1-15-28-23-21(32(15)19-7-10-33-11-8-19)12-16(13-26-23)20-6-9-31-22(20)14-27-24(30-31)29-18-4-2-17(25)3-5-18/h6,9,12-14,17-19H,2-5,7-8,10-11,25H2,1H3,(H,29,30). The molecule has 3 N–H and O–H groups in total. The highest BCUT2D eigenvalue weighted by Crippen LogP contribution is 2.31. The van der Waals surface area contributed by atoms with Crippen LogP contribution in [0.3, 0.4) is 0 Å². The van der Waals surface area contributed by atoms with Crippen molar-refractivity contribution >= 4 is 22.6 Å². The topological polar surface area (TPSA) is 108 Å². The molecule has 1 saturated heterocycles. The number of imidazole rings is 1. The Morgan fingerprint density at radius 1 is 1.03 bits per heavy atom. The van der Waals surface area contributed by atoms with Gasteiger partial charge in [0.05, 0.1) is 17.2 Å². The highest BCUT2D eigenvalue weighted by Gasteiger charge is 2.22. The molecule has 1 saturated carbocycles. The number of hydrogen-bond acceptors (Lipinski definition) is 7. The number of ether oxygens (including phenoxy) is 1. The van der Waals surface area contributed by atoms with Crippen molar-refractivity contribution in [3.63, 3.8) is 0 Å². The van der Waals surface area contributed by atoms with Crippen LogP contribution in [0.1, 0.15) is 50.4 Å². The van der Waals surface area contributed by atoms with Gasteiger partial charge in [0.15, 0.2) is 5.65 Å². The largest absolute Gasteiger partial charge is 0.381 e. The van der Waals surface area contributed by atoms with E-state index in [1.807, 2.05) is 23.1 Å². The molecule has 0 aromatic carbocycles. The zero-order chi connectivity index (χ0) is 22.4. The summed E-state index contributed by atoms with van der Waals surface area (Å²) in [6, 6.07) is 5.40. The summed E-state index contributed by atoms with van der Waals surface area (Å²) < 4.78 is 9.79. The molecule has 33 heavy (non-hydrogen) atoms. The van der Waals surface area contributed by atoms with E-state index < -0.39 is 0 Å². The Labute approximate surface area is 192 Å². The second-order valence-corrected chi connectivity index (χ2v) is 9.34. The molecule has 9 heteroatoms. The summed E-state index contributed by atoms with van der Waals surface area (Å²) in [5, 5.41) is 8.18. The maximum Gasteiger partial charge on any atom is 0.241 e. The first-order chi connectivity index (χ1) is 16.2. The van der Waals surface area contributed by atoms with Crippen LogP contribution < -0.4 is 11.1 Å². The molecular formula is C24H30N8O. The first-order valence-electron chi connectivity index (χ1n) is 11.9. The van der Waals surface area contributed by atoms with E-state index >= 15 is 0 Å². The molecule has 6 rings (SSSR count). The molecule has 0 bridgehead atoms. The molecule has 1 aliphatic heterocycles. The van der Waals surface area contributed by atoms with Gasteiger partial charge < -0.3 is 20.4 Å². The average Bonchev–Trinajstić information content (AvgIpc) is 3.40. The van der Waals surface area contributed by atoms with Crippen molar-refractivity contribution in [3.05, 3.63) is 36.5 Å². The first kappa shape index (κ1) is 20.6. The fourth-order valence-electron chi connectivity index (χ4n) is 5.30. The van der Waals surface area contributed by atoms with E-state index in [-0.39, 0.29) is 0 Å². The number of anilines is 1. The lowest BCUT2D eigenvalue weighted by Gasteiger charge is -2.26. The van der Waals surface area contributed by atoms with E-state index in [1.165, 1.54) is 0 Å². The van der Waals surface area contributed by atoms with Crippen molar-refractivity contribution in [2.45, 2.75) is 63.6 Å². The number of rotatable bonds is 4. The van der Waals surface area contributed by atoms with Crippen LogP contribution in [0.25, 0.3) is 27.8 Å². The Balaban J connectivity index is 1.31. The van der Waals surface area contributed by atoms with E-state index in [1.54, 1.807) is 0 Å². The molecular weight excluding hydrogens is 416 g/mol. The van der Waals surface area contributed by atoms with Crippen LogP contribution in [0.5, 0.6) is 0 Å². The smallest absolute Gasteiger partial charge is 0.241 e. The predicted molar refractivity (Wildman–Crippen MR) is 127 cm³/mol. The van der Waals surface area contributed by atoms with Crippen molar-refractivity contribution in [1.29, 1.82) is 0 Å². The third-order valence-electron chi connectivity index (χ3n) is 7.11. The van der Waals surface area contributed by atoms with Gasteiger partial charge in [-0.3, -0.25) is 0 Å². The lowest BCUT2D eigenvalue weighted by atomic mass is 9.92. The highest BCUT2D eigenvalue weighted by molar-refractivity contribution is 5.85. The second-order valence-electron chi connectivity index (χ2n) is 9.34. The van der Waals surface area contributed by atoms with Gasteiger partial charge >= 0.3 is 0 Å². The van der Waals surface area contributed by atoms with Gasteiger partial charge in [0.2, 0.25) is 5.95 Å². The minimum Gasteiger partial charge on any atom is -0.381 e. The third kappa shape index (κ3) is 3.85. The van der Waals surface area contributed by atoms with Crippen LogP contribution in [0.15, 0.2) is 30.7 Å². The van der Waals surface area contributed by atoms with Gasteiger partial charge in [0.25, 0.3) is 0 Å². The van der Waals surface area contributed by atoms with E-state index in [0.29, 0.717) is 24.1 Å². The van der Waals surface area contributed by atoms with Crippen LogP contribution in [0.4, 0.5) is 5.95 Å². The van der Waals surface area contributed by atoms with Gasteiger partial charge in [0.1, 0.15) is 5.82 Å². The van der Waals surface area contributed by atoms with Gasteiger partial charge in [0, 0.05) is 54.9 Å². The predicted octanol–water partition coefficient (Wildman–Crippen LogP) is 3.48. The van der Waals surface area contributed by atoms with E-state index in [9.17, 15) is 0 Å². The third-order valence-corrected chi connectivity index (χ3v) is 7.11. The molecule has 0 amide bonds. The second kappa shape index (κ2) is 8.39. The number of hydrogen-bond donors (Lipinski definition) is 2. The molecule has 0 spiro atoms. The summed E-state index contributed by atoms with van der Waals surface area (Å²) in [6.07, 6.45) is 12.0. The number of aromatic nitrogens is 6. The fraction of sp³-hybridized carbons (Fsp3) is 0.500. The molecule has 2 fully saturated rings. The highest BCUT2D eigenvalue weighted by atomic mass is 16.5. The van der Waals surface area contributed by atoms with Gasteiger partial charge in [-0.1, -0.05) is 0 Å². The molecule has 1 aliphatic carbocycles. The number of nitrogens with zero attached hydrogens (tertiary/aromatic N) is 6. The summed E-state index contributed by atoms with van der Waals surface area (Å²) in [4.78, 5) is 14.0. The van der Waals surface area contributed by atoms with E-state index in [2.05, 4.69) is 38.9 Å². The van der Waals surface area contributed by atoms with Crippen LogP contribution in [-0.4, -0.2) is 54.4 Å². The summed E-state index contributed by atoms with van der Waals surface area (Å²) >= 11 is 0. The Morgan fingerprint density at radius 3 is 2.67 bits per heavy atom. The van der Waals surface area contributed by atoms with Crippen molar-refractivity contribution in [3.8, 4) is 11.1 Å². The lowest BCUT2D eigenvalue weighted by molar-refractivity contribution is 0.0701. The van der Waals surface area contributed by atoms with Gasteiger partial charge in [-0.05, 0) is 57.6 Å². The fourth-order valence-corrected chi connectivity index (χ4v) is 5.30. The Kier molecular flexibility index (Phi) is 5.22. The number of nitrogens with two attached hydrogens (primary N) is 1. The maximum atomic E-state index is 6.03. The molecule has 172 valence electrons. The zero-order valence-corrected chi connectivity index (χ0v) is 18.9. The molecule has 9 nitrogen and oxygen atoms in total.